The van der Waals surface area contributed by atoms with Crippen molar-refractivity contribution < 1.29 is 14.3 Å². The first-order valence-corrected chi connectivity index (χ1v) is 9.75. The van der Waals surface area contributed by atoms with Gasteiger partial charge in [-0.05, 0) is 54.5 Å². The molecule has 2 aromatic rings. The molecule has 0 bridgehead atoms. The van der Waals surface area contributed by atoms with Crippen LogP contribution in [0.4, 0.5) is 0 Å². The number of carbonyl (C=O) groups excluding carboxylic acids is 2. The minimum atomic E-state index is 0.0234. The number of fused-ring (bicyclic) bond motifs is 1. The van der Waals surface area contributed by atoms with E-state index in [0.29, 0.717) is 18.5 Å². The standard InChI is InChI=1S/C23H25NO3/c1-24(15-20-4-2-3-13-27-20)23(26)17-7-5-16(6-8-17)18-9-11-21-19(14-18)10-12-22(21)25/h5-9,11,14,20H,2-4,10,12-13,15H2,1H3. The number of Topliss-reactive ketones (excluding diaryl/α,β-unsaturated/α-hetero) is 1. The lowest BCUT2D eigenvalue weighted by molar-refractivity contribution is -0.000187. The molecular weight excluding hydrogens is 338 g/mol. The van der Waals surface area contributed by atoms with Crippen molar-refractivity contribution in [3.63, 3.8) is 0 Å². The molecule has 4 rings (SSSR count). The zero-order valence-electron chi connectivity index (χ0n) is 15.7. The fourth-order valence-electron chi connectivity index (χ4n) is 4.00. The van der Waals surface area contributed by atoms with Gasteiger partial charge in [0.1, 0.15) is 0 Å². The van der Waals surface area contributed by atoms with E-state index in [1.165, 1.54) is 6.42 Å². The van der Waals surface area contributed by atoms with Gasteiger partial charge < -0.3 is 9.64 Å². The second kappa shape index (κ2) is 7.65. The maximum atomic E-state index is 12.7. The van der Waals surface area contributed by atoms with E-state index in [1.807, 2.05) is 43.4 Å². The number of ether oxygens (including phenoxy) is 1. The Morgan fingerprint density at radius 3 is 2.59 bits per heavy atom. The van der Waals surface area contributed by atoms with Crippen molar-refractivity contribution in [3.05, 3.63) is 59.2 Å². The summed E-state index contributed by atoms with van der Waals surface area (Å²) in [5.74, 6) is 0.262. The molecule has 0 spiro atoms. The van der Waals surface area contributed by atoms with Crippen molar-refractivity contribution in [3.8, 4) is 11.1 Å². The summed E-state index contributed by atoms with van der Waals surface area (Å²) in [5.41, 5.74) is 4.83. The predicted octanol–water partition coefficient (Wildman–Crippen LogP) is 4.12. The van der Waals surface area contributed by atoms with Gasteiger partial charge in [-0.3, -0.25) is 9.59 Å². The highest BCUT2D eigenvalue weighted by atomic mass is 16.5. The van der Waals surface area contributed by atoms with E-state index in [9.17, 15) is 9.59 Å². The summed E-state index contributed by atoms with van der Waals surface area (Å²) in [6.07, 6.45) is 4.91. The van der Waals surface area contributed by atoms with Crippen molar-refractivity contribution >= 4 is 11.7 Å². The summed E-state index contributed by atoms with van der Waals surface area (Å²) in [5, 5.41) is 0. The van der Waals surface area contributed by atoms with Crippen LogP contribution in [0.15, 0.2) is 42.5 Å². The van der Waals surface area contributed by atoms with Gasteiger partial charge in [0.15, 0.2) is 5.78 Å². The van der Waals surface area contributed by atoms with Crippen molar-refractivity contribution in [2.45, 2.75) is 38.2 Å². The number of ketones is 1. The van der Waals surface area contributed by atoms with Gasteiger partial charge in [0, 0.05) is 37.7 Å². The number of aryl methyl sites for hydroxylation is 1. The maximum absolute atomic E-state index is 12.7. The quantitative estimate of drug-likeness (QED) is 0.821. The van der Waals surface area contributed by atoms with Crippen LogP contribution in [-0.4, -0.2) is 42.9 Å². The van der Waals surface area contributed by atoms with Gasteiger partial charge in [-0.15, -0.1) is 0 Å². The van der Waals surface area contributed by atoms with Gasteiger partial charge in [0.2, 0.25) is 0 Å². The molecule has 1 unspecified atom stereocenters. The summed E-state index contributed by atoms with van der Waals surface area (Å²) in [6.45, 7) is 1.44. The van der Waals surface area contributed by atoms with Crippen LogP contribution in [0.5, 0.6) is 0 Å². The zero-order valence-corrected chi connectivity index (χ0v) is 15.7. The highest BCUT2D eigenvalue weighted by Crippen LogP contribution is 2.28. The second-order valence-corrected chi connectivity index (χ2v) is 7.55. The summed E-state index contributed by atoms with van der Waals surface area (Å²) < 4.78 is 5.74. The highest BCUT2D eigenvalue weighted by Gasteiger charge is 2.21. The third-order valence-electron chi connectivity index (χ3n) is 5.59. The van der Waals surface area contributed by atoms with Crippen LogP contribution in [-0.2, 0) is 11.2 Å². The molecule has 0 N–H and O–H groups in total. The molecule has 0 radical (unpaired) electrons. The monoisotopic (exact) mass is 363 g/mol. The van der Waals surface area contributed by atoms with E-state index in [0.717, 1.165) is 48.1 Å². The van der Waals surface area contributed by atoms with Crippen LogP contribution >= 0.6 is 0 Å². The molecule has 1 saturated heterocycles. The van der Waals surface area contributed by atoms with E-state index in [2.05, 4.69) is 6.07 Å². The van der Waals surface area contributed by atoms with Gasteiger partial charge in [0.25, 0.3) is 5.91 Å². The van der Waals surface area contributed by atoms with Crippen molar-refractivity contribution in [1.82, 2.24) is 4.90 Å². The highest BCUT2D eigenvalue weighted by molar-refractivity contribution is 6.01. The lowest BCUT2D eigenvalue weighted by Crippen LogP contribution is -2.37. The van der Waals surface area contributed by atoms with Gasteiger partial charge in [-0.1, -0.05) is 30.3 Å². The molecule has 1 aliphatic heterocycles. The Kier molecular flexibility index (Phi) is 5.08. The average molecular weight is 363 g/mol. The molecule has 1 atom stereocenters. The zero-order chi connectivity index (χ0) is 18.8. The molecule has 1 heterocycles. The molecule has 140 valence electrons. The van der Waals surface area contributed by atoms with Crippen LogP contribution in [0.3, 0.4) is 0 Å². The Morgan fingerprint density at radius 2 is 1.85 bits per heavy atom. The summed E-state index contributed by atoms with van der Waals surface area (Å²) in [7, 11) is 1.84. The third kappa shape index (κ3) is 3.81. The third-order valence-corrected chi connectivity index (χ3v) is 5.59. The molecule has 27 heavy (non-hydrogen) atoms. The lowest BCUT2D eigenvalue weighted by atomic mass is 9.99. The van der Waals surface area contributed by atoms with E-state index in [4.69, 9.17) is 4.74 Å². The minimum absolute atomic E-state index is 0.0234. The molecule has 0 saturated carbocycles. The predicted molar refractivity (Wildman–Crippen MR) is 105 cm³/mol. The van der Waals surface area contributed by atoms with E-state index in [1.54, 1.807) is 4.90 Å². The summed E-state index contributed by atoms with van der Waals surface area (Å²) in [6, 6.07) is 13.8. The normalized spacial score (nSPS) is 19.0. The lowest BCUT2D eigenvalue weighted by Gasteiger charge is -2.27. The summed E-state index contributed by atoms with van der Waals surface area (Å²) in [4.78, 5) is 26.2. The number of hydrogen-bond acceptors (Lipinski definition) is 3. The Hall–Kier alpha value is -2.46. The van der Waals surface area contributed by atoms with Crippen molar-refractivity contribution in [2.24, 2.45) is 0 Å². The van der Waals surface area contributed by atoms with Crippen LogP contribution in [0, 0.1) is 0 Å². The van der Waals surface area contributed by atoms with Gasteiger partial charge >= 0.3 is 0 Å². The first kappa shape index (κ1) is 17.9. The molecule has 0 aromatic heterocycles. The SMILES string of the molecule is CN(CC1CCCCO1)C(=O)c1ccc(-c2ccc3c(c2)CCC3=O)cc1. The number of likely N-dealkylation sites (N-methyl/N-ethyl adjacent to an activating group) is 1. The molecule has 2 aromatic carbocycles. The topological polar surface area (TPSA) is 46.6 Å². The fraction of sp³-hybridized carbons (Fsp3) is 0.391. The molecule has 2 aliphatic rings. The Balaban J connectivity index is 1.45. The molecule has 4 nitrogen and oxygen atoms in total. The number of hydrogen-bond donors (Lipinski definition) is 0. The first-order valence-electron chi connectivity index (χ1n) is 9.75. The van der Waals surface area contributed by atoms with Gasteiger partial charge in [-0.25, -0.2) is 0 Å². The second-order valence-electron chi connectivity index (χ2n) is 7.55. The van der Waals surface area contributed by atoms with Crippen LogP contribution in [0.2, 0.25) is 0 Å². The van der Waals surface area contributed by atoms with Crippen LogP contribution < -0.4 is 0 Å². The number of rotatable bonds is 4. The molecule has 1 aliphatic carbocycles. The van der Waals surface area contributed by atoms with Crippen LogP contribution in [0.1, 0.15) is 52.0 Å². The van der Waals surface area contributed by atoms with E-state index in [-0.39, 0.29) is 17.8 Å². The Bertz CT molecular complexity index is 850. The van der Waals surface area contributed by atoms with E-state index < -0.39 is 0 Å². The number of nitrogens with zero attached hydrogens (tertiary/aromatic N) is 1. The average Bonchev–Trinajstić information content (AvgIpc) is 3.08. The Morgan fingerprint density at radius 1 is 1.07 bits per heavy atom. The largest absolute Gasteiger partial charge is 0.376 e. The minimum Gasteiger partial charge on any atom is -0.376 e. The van der Waals surface area contributed by atoms with Crippen molar-refractivity contribution in [1.29, 1.82) is 0 Å². The maximum Gasteiger partial charge on any atom is 0.253 e. The molecular formula is C23H25NO3. The molecule has 1 fully saturated rings. The first-order chi connectivity index (χ1) is 13.1. The van der Waals surface area contributed by atoms with Gasteiger partial charge in [0.05, 0.1) is 6.10 Å². The van der Waals surface area contributed by atoms with Crippen LogP contribution in [0.25, 0.3) is 11.1 Å². The van der Waals surface area contributed by atoms with E-state index >= 15 is 0 Å². The molecule has 1 amide bonds. The summed E-state index contributed by atoms with van der Waals surface area (Å²) >= 11 is 0. The number of amides is 1. The number of benzene rings is 2. The van der Waals surface area contributed by atoms with Gasteiger partial charge in [-0.2, -0.15) is 0 Å². The van der Waals surface area contributed by atoms with Crippen molar-refractivity contribution in [2.75, 3.05) is 20.2 Å². The fourth-order valence-corrected chi connectivity index (χ4v) is 4.00. The number of carbonyl (C=O) groups is 2. The smallest absolute Gasteiger partial charge is 0.253 e. The Labute approximate surface area is 160 Å². The molecule has 4 heteroatoms.